The van der Waals surface area contributed by atoms with Crippen molar-refractivity contribution in [1.29, 1.82) is 0 Å². The van der Waals surface area contributed by atoms with Crippen LogP contribution in [0, 0.1) is 47.3 Å². The molecule has 0 heterocycles. The zero-order valence-electron chi connectivity index (χ0n) is 13.6. The van der Waals surface area contributed by atoms with Crippen molar-refractivity contribution < 1.29 is 10.2 Å². The molecule has 6 aliphatic carbocycles. The molecule has 2 heteroatoms. The predicted molar refractivity (Wildman–Crippen MR) is 84.0 cm³/mol. The highest BCUT2D eigenvalue weighted by molar-refractivity contribution is 5.23. The highest BCUT2D eigenvalue weighted by Gasteiger charge is 2.73. The van der Waals surface area contributed by atoms with Crippen LogP contribution in [0.1, 0.15) is 64.2 Å². The first-order valence-electron chi connectivity index (χ1n) is 10.1. The Kier molecular flexibility index (Phi) is 2.37. The molecular weight excluding hydrogens is 272 g/mol. The molecule has 6 rings (SSSR count). The van der Waals surface area contributed by atoms with E-state index in [0.717, 1.165) is 48.3 Å². The van der Waals surface area contributed by atoms with E-state index in [1.165, 1.54) is 51.4 Å². The van der Waals surface area contributed by atoms with Crippen molar-refractivity contribution in [2.24, 2.45) is 47.3 Å². The van der Waals surface area contributed by atoms with Gasteiger partial charge in [-0.1, -0.05) is 0 Å². The van der Waals surface area contributed by atoms with Gasteiger partial charge in [-0.2, -0.15) is 0 Å². The molecule has 0 spiro atoms. The molecule has 0 aromatic carbocycles. The average molecular weight is 302 g/mol. The molecule has 0 amide bonds. The SMILES string of the molecule is O[C@@]1([C@]2(O)C[C@@H]3CC[C@@H]4CC[C@H]2[C@H]43)C[C@@H]2CC[C@@H]3CC[C@@H]1[C@H]32. The van der Waals surface area contributed by atoms with Gasteiger partial charge >= 0.3 is 0 Å². The number of hydrogen-bond acceptors (Lipinski definition) is 2. The summed E-state index contributed by atoms with van der Waals surface area (Å²) >= 11 is 0. The van der Waals surface area contributed by atoms with Crippen molar-refractivity contribution in [3.05, 3.63) is 0 Å². The molecule has 0 unspecified atom stereocenters. The van der Waals surface area contributed by atoms with Gasteiger partial charge in [0.15, 0.2) is 0 Å². The Labute approximate surface area is 133 Å². The van der Waals surface area contributed by atoms with Crippen LogP contribution in [0.5, 0.6) is 0 Å². The molecule has 2 N–H and O–H groups in total. The van der Waals surface area contributed by atoms with E-state index in [1.54, 1.807) is 0 Å². The van der Waals surface area contributed by atoms with E-state index < -0.39 is 11.2 Å². The zero-order chi connectivity index (χ0) is 14.7. The normalized spacial score (nSPS) is 67.9. The Bertz CT molecular complexity index is 472. The molecule has 0 radical (unpaired) electrons. The maximum Gasteiger partial charge on any atom is 0.0969 e. The third-order valence-electron chi connectivity index (χ3n) is 9.74. The molecule has 122 valence electrons. The van der Waals surface area contributed by atoms with E-state index in [-0.39, 0.29) is 0 Å². The van der Waals surface area contributed by atoms with Crippen molar-refractivity contribution in [3.8, 4) is 0 Å². The lowest BCUT2D eigenvalue weighted by Gasteiger charge is -2.47. The molecule has 6 aliphatic rings. The van der Waals surface area contributed by atoms with E-state index in [1.807, 2.05) is 0 Å². The second kappa shape index (κ2) is 3.94. The average Bonchev–Trinajstić information content (AvgIpc) is 3.24. The lowest BCUT2D eigenvalue weighted by atomic mass is 9.67. The smallest absolute Gasteiger partial charge is 0.0969 e. The first-order chi connectivity index (χ1) is 10.6. The summed E-state index contributed by atoms with van der Waals surface area (Å²) in [6, 6.07) is 0. The highest BCUT2D eigenvalue weighted by Crippen LogP contribution is 2.71. The second-order valence-corrected chi connectivity index (χ2v) is 9.97. The van der Waals surface area contributed by atoms with Crippen LogP contribution < -0.4 is 0 Å². The van der Waals surface area contributed by atoms with Gasteiger partial charge in [0, 0.05) is 0 Å². The van der Waals surface area contributed by atoms with Crippen LogP contribution in [0.3, 0.4) is 0 Å². The molecule has 2 nitrogen and oxygen atoms in total. The molecule has 0 aliphatic heterocycles. The summed E-state index contributed by atoms with van der Waals surface area (Å²) in [5.74, 6) is 5.57. The monoisotopic (exact) mass is 302 g/mol. The van der Waals surface area contributed by atoms with Crippen LogP contribution in [0.2, 0.25) is 0 Å². The second-order valence-electron chi connectivity index (χ2n) is 9.97. The van der Waals surface area contributed by atoms with E-state index in [0.29, 0.717) is 11.8 Å². The minimum absolute atomic E-state index is 0.424. The van der Waals surface area contributed by atoms with Crippen LogP contribution in [0.15, 0.2) is 0 Å². The first-order valence-corrected chi connectivity index (χ1v) is 10.1. The molecule has 10 atom stereocenters. The summed E-state index contributed by atoms with van der Waals surface area (Å²) in [6.45, 7) is 0. The van der Waals surface area contributed by atoms with Crippen LogP contribution in [0.4, 0.5) is 0 Å². The molecule has 0 aromatic heterocycles. The van der Waals surface area contributed by atoms with Gasteiger partial charge in [-0.25, -0.2) is 0 Å². The van der Waals surface area contributed by atoms with Crippen LogP contribution in [-0.4, -0.2) is 21.4 Å². The topological polar surface area (TPSA) is 40.5 Å². The third-order valence-corrected chi connectivity index (χ3v) is 9.74. The lowest BCUT2D eigenvalue weighted by molar-refractivity contribution is -0.194. The van der Waals surface area contributed by atoms with Crippen molar-refractivity contribution in [2.45, 2.75) is 75.4 Å². The fourth-order valence-electron chi connectivity index (χ4n) is 9.24. The minimum Gasteiger partial charge on any atom is -0.387 e. The molecule has 22 heavy (non-hydrogen) atoms. The van der Waals surface area contributed by atoms with Gasteiger partial charge in [0.2, 0.25) is 0 Å². The van der Waals surface area contributed by atoms with Crippen LogP contribution in [-0.2, 0) is 0 Å². The zero-order valence-corrected chi connectivity index (χ0v) is 13.6. The Balaban J connectivity index is 1.41. The summed E-state index contributed by atoms with van der Waals surface area (Å²) in [4.78, 5) is 0. The maximum absolute atomic E-state index is 11.9. The highest BCUT2D eigenvalue weighted by atomic mass is 16.4. The van der Waals surface area contributed by atoms with Gasteiger partial charge in [-0.05, 0) is 112 Å². The lowest BCUT2D eigenvalue weighted by Crippen LogP contribution is -2.59. The van der Waals surface area contributed by atoms with Gasteiger partial charge in [0.05, 0.1) is 11.2 Å². The first kappa shape index (κ1) is 13.2. The largest absolute Gasteiger partial charge is 0.387 e. The number of aliphatic hydroxyl groups is 2. The van der Waals surface area contributed by atoms with Crippen molar-refractivity contribution in [2.75, 3.05) is 0 Å². The minimum atomic E-state index is -0.735. The van der Waals surface area contributed by atoms with Gasteiger partial charge in [0.1, 0.15) is 0 Å². The fraction of sp³-hybridized carbons (Fsp3) is 1.00. The fourth-order valence-corrected chi connectivity index (χ4v) is 9.24. The molecular formula is C20H30O2. The van der Waals surface area contributed by atoms with E-state index >= 15 is 0 Å². The summed E-state index contributed by atoms with van der Waals surface area (Å²) in [5, 5.41) is 23.7. The molecule has 6 fully saturated rings. The van der Waals surface area contributed by atoms with Gasteiger partial charge in [-0.15, -0.1) is 0 Å². The molecule has 0 aromatic rings. The Morgan fingerprint density at radius 2 is 0.864 bits per heavy atom. The van der Waals surface area contributed by atoms with Crippen LogP contribution >= 0.6 is 0 Å². The Hall–Kier alpha value is -0.0800. The van der Waals surface area contributed by atoms with E-state index in [9.17, 15) is 10.2 Å². The number of rotatable bonds is 1. The quantitative estimate of drug-likeness (QED) is 0.780. The van der Waals surface area contributed by atoms with Gasteiger partial charge < -0.3 is 10.2 Å². The maximum atomic E-state index is 11.9. The Morgan fingerprint density at radius 1 is 0.500 bits per heavy atom. The van der Waals surface area contributed by atoms with Gasteiger partial charge in [0.25, 0.3) is 0 Å². The molecule has 0 saturated heterocycles. The molecule has 0 bridgehead atoms. The standard InChI is InChI=1S/C20H30O2/c21-19(9-13-3-1-11-5-7-15(19)17(11)13)20(22)10-14-4-2-12-6-8-16(20)18(12)14/h11-18,21-22H,1-10H2/t11-,12-,13+,14+,15-,16+,17-,18-,19+,20+/m1/s1. The summed E-state index contributed by atoms with van der Waals surface area (Å²) < 4.78 is 0. The summed E-state index contributed by atoms with van der Waals surface area (Å²) in [5.41, 5.74) is -1.47. The molecule has 6 saturated carbocycles. The predicted octanol–water partition coefficient (Wildman–Crippen LogP) is 3.36. The van der Waals surface area contributed by atoms with Gasteiger partial charge in [-0.3, -0.25) is 0 Å². The Morgan fingerprint density at radius 3 is 1.32 bits per heavy atom. The number of hydrogen-bond donors (Lipinski definition) is 2. The van der Waals surface area contributed by atoms with Crippen molar-refractivity contribution in [1.82, 2.24) is 0 Å². The third kappa shape index (κ3) is 1.27. The van der Waals surface area contributed by atoms with Crippen molar-refractivity contribution >= 4 is 0 Å². The van der Waals surface area contributed by atoms with Crippen molar-refractivity contribution in [3.63, 3.8) is 0 Å². The van der Waals surface area contributed by atoms with E-state index in [2.05, 4.69) is 0 Å². The van der Waals surface area contributed by atoms with E-state index in [4.69, 9.17) is 0 Å². The summed E-state index contributed by atoms with van der Waals surface area (Å²) in [7, 11) is 0. The summed E-state index contributed by atoms with van der Waals surface area (Å²) in [6.07, 6.45) is 12.3. The van der Waals surface area contributed by atoms with Crippen LogP contribution in [0.25, 0.3) is 0 Å².